The van der Waals surface area contributed by atoms with Gasteiger partial charge in [-0.05, 0) is 31.2 Å². The van der Waals surface area contributed by atoms with Gasteiger partial charge in [-0.3, -0.25) is 18.8 Å². The molecule has 1 aromatic carbocycles. The van der Waals surface area contributed by atoms with Crippen LogP contribution in [0.1, 0.15) is 28.3 Å². The van der Waals surface area contributed by atoms with Crippen molar-refractivity contribution >= 4 is 5.69 Å². The summed E-state index contributed by atoms with van der Waals surface area (Å²) in [6, 6.07) is 3.74. The fraction of sp³-hybridized carbons (Fsp3) is 0.481. The number of benzene rings is 1. The number of aromatic nitrogens is 2. The molecule has 0 unspecified atom stereocenters. The maximum Gasteiger partial charge on any atom is 0.449 e. The number of piperazine rings is 1. The van der Waals surface area contributed by atoms with Gasteiger partial charge in [0.25, 0.3) is 5.56 Å². The highest BCUT2D eigenvalue weighted by atomic mass is 19.4. The molecule has 3 heterocycles. The van der Waals surface area contributed by atoms with Crippen molar-refractivity contribution in [1.82, 2.24) is 14.0 Å². The van der Waals surface area contributed by atoms with E-state index < -0.39 is 58.9 Å². The molecular formula is C27H30F7N5O4. The Morgan fingerprint density at radius 3 is 2.21 bits per heavy atom. The number of nitrogens with two attached hydrogens (primary N) is 1. The third kappa shape index (κ3) is 7.13. The van der Waals surface area contributed by atoms with E-state index in [4.69, 9.17) is 14.9 Å². The minimum Gasteiger partial charge on any atom is -0.455 e. The van der Waals surface area contributed by atoms with Crippen molar-refractivity contribution in [2.75, 3.05) is 44.8 Å². The highest BCUT2D eigenvalue weighted by Gasteiger charge is 2.36. The zero-order valence-electron chi connectivity index (χ0n) is 23.3. The summed E-state index contributed by atoms with van der Waals surface area (Å²) < 4.78 is 106. The third-order valence-corrected chi connectivity index (χ3v) is 7.20. The average molecular weight is 622 g/mol. The third-order valence-electron chi connectivity index (χ3n) is 7.20. The van der Waals surface area contributed by atoms with Crippen molar-refractivity contribution < 1.29 is 39.9 Å². The van der Waals surface area contributed by atoms with Crippen LogP contribution >= 0.6 is 0 Å². The molecule has 236 valence electrons. The van der Waals surface area contributed by atoms with Crippen LogP contribution in [-0.4, -0.2) is 60.0 Å². The van der Waals surface area contributed by atoms with Gasteiger partial charge in [0.1, 0.15) is 17.3 Å². The summed E-state index contributed by atoms with van der Waals surface area (Å²) in [6.45, 7) is 1.27. The Morgan fingerprint density at radius 1 is 0.953 bits per heavy atom. The maximum absolute atomic E-state index is 14.8. The van der Waals surface area contributed by atoms with Gasteiger partial charge in [0, 0.05) is 57.1 Å². The lowest BCUT2D eigenvalue weighted by Crippen LogP contribution is -2.52. The predicted molar refractivity (Wildman–Crippen MR) is 141 cm³/mol. The number of nitrogens with zero attached hydrogens (tertiary/aromatic N) is 4. The summed E-state index contributed by atoms with van der Waals surface area (Å²) in [5, 5.41) is 0. The highest BCUT2D eigenvalue weighted by molar-refractivity contribution is 5.50. The monoisotopic (exact) mass is 621 g/mol. The summed E-state index contributed by atoms with van der Waals surface area (Å²) >= 11 is 0. The topological polar surface area (TPSA) is 98.9 Å². The van der Waals surface area contributed by atoms with Gasteiger partial charge in [-0.2, -0.15) is 26.3 Å². The zero-order chi connectivity index (χ0) is 31.7. The molecule has 0 bridgehead atoms. The molecule has 2 N–H and O–H groups in total. The van der Waals surface area contributed by atoms with Crippen molar-refractivity contribution in [2.45, 2.75) is 45.0 Å². The van der Waals surface area contributed by atoms with Crippen LogP contribution in [0.5, 0.6) is 0 Å². The Bertz CT molecular complexity index is 1550. The second kappa shape index (κ2) is 12.5. The van der Waals surface area contributed by atoms with Crippen LogP contribution in [-0.2, 0) is 36.7 Å². The number of rotatable bonds is 9. The van der Waals surface area contributed by atoms with Crippen LogP contribution in [0.4, 0.5) is 36.4 Å². The van der Waals surface area contributed by atoms with E-state index in [-0.39, 0.29) is 63.0 Å². The van der Waals surface area contributed by atoms with E-state index in [1.54, 1.807) is 4.90 Å². The molecule has 0 amide bonds. The molecule has 1 fully saturated rings. The second-order valence-corrected chi connectivity index (χ2v) is 10.2. The zero-order valence-corrected chi connectivity index (χ0v) is 23.3. The van der Waals surface area contributed by atoms with Gasteiger partial charge in [-0.15, -0.1) is 0 Å². The molecule has 1 aliphatic heterocycles. The normalized spacial score (nSPS) is 15.7. The maximum atomic E-state index is 14.8. The molecule has 1 aliphatic rings. The SMILES string of the molecule is COC[C@@H](N)Cn1c(=O)c(N2CCN(Cc3ccc(C(F)(F)F)o3)CC2)c(C)n(Cc2c(F)cccc2C(F)(F)F)c1=O. The lowest BCUT2D eigenvalue weighted by Gasteiger charge is -2.36. The van der Waals surface area contributed by atoms with E-state index in [1.807, 2.05) is 4.90 Å². The molecule has 0 spiro atoms. The van der Waals surface area contributed by atoms with Crippen LogP contribution in [0.3, 0.4) is 0 Å². The first-order valence-electron chi connectivity index (χ1n) is 13.2. The molecule has 9 nitrogen and oxygen atoms in total. The number of hydrogen-bond acceptors (Lipinski definition) is 7. The molecule has 0 aliphatic carbocycles. The molecule has 4 rings (SSSR count). The van der Waals surface area contributed by atoms with Gasteiger partial charge in [-0.25, -0.2) is 9.18 Å². The van der Waals surface area contributed by atoms with Crippen LogP contribution in [0.15, 0.2) is 44.3 Å². The number of furan rings is 1. The first-order chi connectivity index (χ1) is 20.1. The lowest BCUT2D eigenvalue weighted by atomic mass is 10.1. The molecule has 0 saturated carbocycles. The summed E-state index contributed by atoms with van der Waals surface area (Å²) in [6.07, 6.45) is -9.52. The molecule has 3 aromatic rings. The average Bonchev–Trinajstić information content (AvgIpc) is 3.40. The lowest BCUT2D eigenvalue weighted by molar-refractivity contribution is -0.153. The van der Waals surface area contributed by atoms with Crippen molar-refractivity contribution in [1.29, 1.82) is 0 Å². The number of anilines is 1. The van der Waals surface area contributed by atoms with E-state index in [1.165, 1.54) is 20.1 Å². The van der Waals surface area contributed by atoms with Gasteiger partial charge in [-0.1, -0.05) is 6.07 Å². The van der Waals surface area contributed by atoms with Gasteiger partial charge in [0.05, 0.1) is 25.3 Å². The molecule has 2 aromatic heterocycles. The first-order valence-corrected chi connectivity index (χ1v) is 13.2. The number of ether oxygens (including phenoxy) is 1. The molecule has 1 saturated heterocycles. The van der Waals surface area contributed by atoms with E-state index in [0.717, 1.165) is 27.3 Å². The van der Waals surface area contributed by atoms with Gasteiger partial charge in [0.2, 0.25) is 5.76 Å². The largest absolute Gasteiger partial charge is 0.455 e. The Hall–Kier alpha value is -3.63. The van der Waals surface area contributed by atoms with Crippen molar-refractivity contribution in [2.24, 2.45) is 5.73 Å². The van der Waals surface area contributed by atoms with Crippen molar-refractivity contribution in [3.05, 3.63) is 85.3 Å². The smallest absolute Gasteiger partial charge is 0.449 e. The van der Waals surface area contributed by atoms with Crippen molar-refractivity contribution in [3.63, 3.8) is 0 Å². The van der Waals surface area contributed by atoms with E-state index >= 15 is 0 Å². The molecule has 16 heteroatoms. The van der Waals surface area contributed by atoms with E-state index in [9.17, 15) is 40.3 Å². The Balaban J connectivity index is 1.69. The van der Waals surface area contributed by atoms with Crippen LogP contribution in [0, 0.1) is 12.7 Å². The Kier molecular flexibility index (Phi) is 9.42. The predicted octanol–water partition coefficient (Wildman–Crippen LogP) is 3.43. The number of hydrogen-bond donors (Lipinski definition) is 1. The number of methoxy groups -OCH3 is 1. The Morgan fingerprint density at radius 2 is 1.63 bits per heavy atom. The van der Waals surface area contributed by atoms with Gasteiger partial charge >= 0.3 is 18.0 Å². The summed E-state index contributed by atoms with van der Waals surface area (Å²) in [7, 11) is 1.37. The minimum absolute atomic E-state index is 0.0196. The van der Waals surface area contributed by atoms with Gasteiger partial charge in [0.15, 0.2) is 0 Å². The molecule has 43 heavy (non-hydrogen) atoms. The minimum atomic E-state index is -4.90. The van der Waals surface area contributed by atoms with Crippen LogP contribution in [0.25, 0.3) is 0 Å². The van der Waals surface area contributed by atoms with E-state index in [2.05, 4.69) is 0 Å². The summed E-state index contributed by atoms with van der Waals surface area (Å²) in [5.41, 5.74) is 2.33. The highest BCUT2D eigenvalue weighted by Crippen LogP contribution is 2.34. The van der Waals surface area contributed by atoms with E-state index in [0.29, 0.717) is 6.07 Å². The van der Waals surface area contributed by atoms with Crippen LogP contribution in [0.2, 0.25) is 0 Å². The number of halogens is 7. The summed E-state index contributed by atoms with van der Waals surface area (Å²) in [5.74, 6) is -2.18. The molecule has 1 atom stereocenters. The van der Waals surface area contributed by atoms with Gasteiger partial charge < -0.3 is 19.8 Å². The Labute approximate surface area is 240 Å². The fourth-order valence-corrected chi connectivity index (χ4v) is 5.11. The quantitative estimate of drug-likeness (QED) is 0.366. The fourth-order valence-electron chi connectivity index (χ4n) is 5.11. The molecule has 0 radical (unpaired) electrons. The number of alkyl halides is 6. The summed E-state index contributed by atoms with van der Waals surface area (Å²) in [4.78, 5) is 30.6. The second-order valence-electron chi connectivity index (χ2n) is 10.2. The van der Waals surface area contributed by atoms with Crippen LogP contribution < -0.4 is 21.9 Å². The van der Waals surface area contributed by atoms with Crippen molar-refractivity contribution in [3.8, 4) is 0 Å². The standard InChI is InChI=1S/C27H30F7N5O4/c1-16-23(37-10-8-36(9-11-37)13-18-6-7-22(43-18)27(32,33)34)24(40)39(12-17(35)15-42-2)25(41)38(16)14-19-20(26(29,30)31)4-3-5-21(19)28/h3-7,17H,8-15,35H2,1-2H3/t17-/m0/s1. The molecular weight excluding hydrogens is 591 g/mol. The first kappa shape index (κ1) is 32.3.